The summed E-state index contributed by atoms with van der Waals surface area (Å²) in [7, 11) is 0. The second-order valence-corrected chi connectivity index (χ2v) is 4.42. The van der Waals surface area contributed by atoms with Gasteiger partial charge in [-0.2, -0.15) is 0 Å². The minimum atomic E-state index is -1.16. The predicted molar refractivity (Wildman–Crippen MR) is 75.5 cm³/mol. The Hall–Kier alpha value is -2.90. The molecule has 0 saturated heterocycles. The summed E-state index contributed by atoms with van der Waals surface area (Å²) in [5, 5.41) is 19.3. The molecule has 21 heavy (non-hydrogen) atoms. The van der Waals surface area contributed by atoms with E-state index in [0.29, 0.717) is 30.0 Å². The summed E-state index contributed by atoms with van der Waals surface area (Å²) in [5.74, 6) is -1.32. The smallest absolute Gasteiger partial charge is 0.358 e. The van der Waals surface area contributed by atoms with Crippen molar-refractivity contribution in [3.8, 4) is 11.3 Å². The van der Waals surface area contributed by atoms with Gasteiger partial charge in [-0.15, -0.1) is 5.10 Å². The number of anilines is 1. The van der Waals surface area contributed by atoms with E-state index in [-0.39, 0.29) is 11.6 Å². The van der Waals surface area contributed by atoms with E-state index in [2.05, 4.69) is 15.6 Å². The first-order chi connectivity index (χ1) is 9.99. The summed E-state index contributed by atoms with van der Waals surface area (Å²) in [4.78, 5) is 22.1. The molecule has 2 rings (SSSR count). The summed E-state index contributed by atoms with van der Waals surface area (Å²) in [5.41, 5.74) is 7.10. The van der Waals surface area contributed by atoms with Crippen LogP contribution in [0.1, 0.15) is 17.4 Å². The zero-order valence-electron chi connectivity index (χ0n) is 11.4. The van der Waals surface area contributed by atoms with Crippen molar-refractivity contribution in [2.75, 3.05) is 12.3 Å². The van der Waals surface area contributed by atoms with Gasteiger partial charge in [0.05, 0.1) is 6.54 Å². The topological polar surface area (TPSA) is 123 Å². The molecular weight excluding hydrogens is 274 g/mol. The molecule has 4 N–H and O–H groups in total. The van der Waals surface area contributed by atoms with Crippen LogP contribution in [0, 0.1) is 0 Å². The molecule has 2 aromatic rings. The molecule has 1 aromatic carbocycles. The van der Waals surface area contributed by atoms with E-state index in [1.807, 2.05) is 0 Å². The number of nitrogens with two attached hydrogens (primary N) is 1. The average molecular weight is 289 g/mol. The van der Waals surface area contributed by atoms with Crippen molar-refractivity contribution < 1.29 is 14.7 Å². The third-order valence-corrected chi connectivity index (χ3v) is 2.82. The number of aromatic nitrogens is 3. The van der Waals surface area contributed by atoms with Crippen LogP contribution in [0.2, 0.25) is 0 Å². The van der Waals surface area contributed by atoms with Crippen molar-refractivity contribution >= 4 is 17.6 Å². The Balaban J connectivity index is 2.35. The lowest BCUT2D eigenvalue weighted by molar-refractivity contribution is -0.119. The number of carbonyl (C=O) groups excluding carboxylic acids is 1. The highest BCUT2D eigenvalue weighted by Gasteiger charge is 2.20. The molecular formula is C13H15N5O3. The van der Waals surface area contributed by atoms with Gasteiger partial charge in [-0.1, -0.05) is 17.3 Å². The van der Waals surface area contributed by atoms with Crippen LogP contribution in [-0.2, 0) is 11.3 Å². The van der Waals surface area contributed by atoms with Crippen molar-refractivity contribution in [2.24, 2.45) is 0 Å². The number of rotatable bonds is 5. The lowest BCUT2D eigenvalue weighted by Gasteiger charge is -2.08. The monoisotopic (exact) mass is 289 g/mol. The Morgan fingerprint density at radius 2 is 2.00 bits per heavy atom. The number of aromatic carboxylic acids is 1. The number of carbonyl (C=O) groups is 2. The number of nitrogens with zero attached hydrogens (tertiary/aromatic N) is 3. The Labute approximate surface area is 120 Å². The van der Waals surface area contributed by atoms with Gasteiger partial charge in [0.25, 0.3) is 0 Å². The van der Waals surface area contributed by atoms with Gasteiger partial charge < -0.3 is 16.2 Å². The molecule has 0 saturated carbocycles. The van der Waals surface area contributed by atoms with Crippen molar-refractivity contribution in [1.82, 2.24) is 20.3 Å². The second kappa shape index (κ2) is 6.04. The van der Waals surface area contributed by atoms with Crippen molar-refractivity contribution in [1.29, 1.82) is 0 Å². The number of benzene rings is 1. The normalized spacial score (nSPS) is 10.3. The molecule has 0 aliphatic carbocycles. The van der Waals surface area contributed by atoms with Gasteiger partial charge in [-0.3, -0.25) is 4.79 Å². The molecule has 1 amide bonds. The highest BCUT2D eigenvalue weighted by Crippen LogP contribution is 2.23. The van der Waals surface area contributed by atoms with E-state index in [1.165, 1.54) is 11.6 Å². The lowest BCUT2D eigenvalue weighted by atomic mass is 10.1. The van der Waals surface area contributed by atoms with Crippen LogP contribution in [-0.4, -0.2) is 38.5 Å². The highest BCUT2D eigenvalue weighted by atomic mass is 16.4. The zero-order valence-corrected chi connectivity index (χ0v) is 11.4. The fourth-order valence-corrected chi connectivity index (χ4v) is 1.88. The van der Waals surface area contributed by atoms with Gasteiger partial charge in [-0.05, 0) is 12.1 Å². The van der Waals surface area contributed by atoms with E-state index >= 15 is 0 Å². The summed E-state index contributed by atoms with van der Waals surface area (Å²) < 4.78 is 1.45. The predicted octanol–water partition coefficient (Wildman–Crippen LogP) is 0.362. The van der Waals surface area contributed by atoms with Crippen LogP contribution < -0.4 is 11.1 Å². The quantitative estimate of drug-likeness (QED) is 0.683. The molecule has 0 aliphatic rings. The largest absolute Gasteiger partial charge is 0.476 e. The third-order valence-electron chi connectivity index (χ3n) is 2.82. The molecule has 0 bridgehead atoms. The molecule has 0 unspecified atom stereocenters. The minimum Gasteiger partial charge on any atom is -0.476 e. The van der Waals surface area contributed by atoms with Crippen LogP contribution in [0.25, 0.3) is 11.3 Å². The molecule has 110 valence electrons. The maximum Gasteiger partial charge on any atom is 0.358 e. The summed E-state index contributed by atoms with van der Waals surface area (Å²) in [6.07, 6.45) is 0. The first-order valence-corrected chi connectivity index (χ1v) is 6.26. The molecule has 8 nitrogen and oxygen atoms in total. The van der Waals surface area contributed by atoms with Crippen LogP contribution >= 0.6 is 0 Å². The van der Waals surface area contributed by atoms with Crippen LogP contribution in [0.4, 0.5) is 5.69 Å². The van der Waals surface area contributed by atoms with Crippen molar-refractivity contribution in [2.45, 2.75) is 13.5 Å². The molecule has 1 aromatic heterocycles. The molecule has 0 fully saturated rings. The van der Waals surface area contributed by atoms with E-state index in [4.69, 9.17) is 5.73 Å². The SMILES string of the molecule is CC(=O)NCCn1nnc(C(=O)O)c1-c1ccc(N)cc1. The number of hydrogen-bond acceptors (Lipinski definition) is 5. The van der Waals surface area contributed by atoms with E-state index in [9.17, 15) is 14.7 Å². The van der Waals surface area contributed by atoms with E-state index in [0.717, 1.165) is 0 Å². The summed E-state index contributed by atoms with van der Waals surface area (Å²) in [6, 6.07) is 6.75. The summed E-state index contributed by atoms with van der Waals surface area (Å²) >= 11 is 0. The maximum atomic E-state index is 11.2. The number of carboxylic acid groups (broad SMARTS) is 1. The van der Waals surface area contributed by atoms with Crippen LogP contribution in [0.15, 0.2) is 24.3 Å². The van der Waals surface area contributed by atoms with E-state index < -0.39 is 5.97 Å². The Morgan fingerprint density at radius 1 is 1.33 bits per heavy atom. The molecule has 0 spiro atoms. The van der Waals surface area contributed by atoms with E-state index in [1.54, 1.807) is 24.3 Å². The first kappa shape index (κ1) is 14.5. The standard InChI is InChI=1S/C13H15N5O3/c1-8(19)15-6-7-18-12(11(13(20)21)16-17-18)9-2-4-10(14)5-3-9/h2-5H,6-7,14H2,1H3,(H,15,19)(H,20,21). The Morgan fingerprint density at radius 3 is 2.57 bits per heavy atom. The Kier molecular flexibility index (Phi) is 4.17. The number of nitrogen functional groups attached to an aromatic ring is 1. The number of carboxylic acids is 1. The fraction of sp³-hybridized carbons (Fsp3) is 0.231. The molecule has 0 radical (unpaired) electrons. The van der Waals surface area contributed by atoms with Crippen LogP contribution in [0.3, 0.4) is 0 Å². The average Bonchev–Trinajstić information content (AvgIpc) is 2.83. The van der Waals surface area contributed by atoms with Crippen LogP contribution in [0.5, 0.6) is 0 Å². The molecule has 1 heterocycles. The highest BCUT2D eigenvalue weighted by molar-refractivity contribution is 5.92. The fourth-order valence-electron chi connectivity index (χ4n) is 1.88. The summed E-state index contributed by atoms with van der Waals surface area (Å²) in [6.45, 7) is 2.06. The molecule has 0 atom stereocenters. The van der Waals surface area contributed by atoms with Crippen molar-refractivity contribution in [3.05, 3.63) is 30.0 Å². The second-order valence-electron chi connectivity index (χ2n) is 4.42. The van der Waals surface area contributed by atoms with Gasteiger partial charge >= 0.3 is 5.97 Å². The first-order valence-electron chi connectivity index (χ1n) is 6.26. The lowest BCUT2D eigenvalue weighted by Crippen LogP contribution is -2.25. The molecule has 0 aliphatic heterocycles. The third kappa shape index (κ3) is 3.35. The van der Waals surface area contributed by atoms with Gasteiger partial charge in [-0.25, -0.2) is 9.48 Å². The Bertz CT molecular complexity index is 663. The van der Waals surface area contributed by atoms with Gasteiger partial charge in [0.2, 0.25) is 5.91 Å². The minimum absolute atomic E-state index is 0.136. The number of amides is 1. The van der Waals surface area contributed by atoms with Gasteiger partial charge in [0, 0.05) is 24.7 Å². The van der Waals surface area contributed by atoms with Gasteiger partial charge in [0.1, 0.15) is 5.69 Å². The maximum absolute atomic E-state index is 11.2. The zero-order chi connectivity index (χ0) is 15.4. The molecule has 8 heteroatoms. The number of hydrogen-bond donors (Lipinski definition) is 3. The number of nitrogens with one attached hydrogen (secondary N) is 1. The van der Waals surface area contributed by atoms with Crippen molar-refractivity contribution in [3.63, 3.8) is 0 Å². The van der Waals surface area contributed by atoms with Gasteiger partial charge in [0.15, 0.2) is 5.69 Å².